The lowest BCUT2D eigenvalue weighted by molar-refractivity contribution is 0.628. The molecule has 0 saturated heterocycles. The van der Waals surface area contributed by atoms with Crippen molar-refractivity contribution in [2.45, 2.75) is 6.92 Å². The number of hydrogen-bond donors (Lipinski definition) is 1. The summed E-state index contributed by atoms with van der Waals surface area (Å²) in [5.74, 6) is -0.208. The zero-order valence-corrected chi connectivity index (χ0v) is 11.3. The first kappa shape index (κ1) is 14.1. The highest BCUT2D eigenvalue weighted by atomic mass is 35.5. The second-order valence-electron chi connectivity index (χ2n) is 3.90. The fraction of sp³-hybridized carbons (Fsp3) is 0.0769. The minimum atomic E-state index is -0.307. The van der Waals surface area contributed by atoms with Crippen LogP contribution in [0.1, 0.15) is 18.2 Å². The molecule has 0 bridgehead atoms. The lowest BCUT2D eigenvalue weighted by atomic mass is 10.1. The Morgan fingerprint density at radius 2 is 1.90 bits per heavy atom. The first-order chi connectivity index (χ1) is 9.56. The van der Waals surface area contributed by atoms with Crippen LogP contribution in [0.2, 0.25) is 5.15 Å². The van der Waals surface area contributed by atoms with Crippen molar-refractivity contribution in [1.82, 2.24) is 9.97 Å². The molecular weight excluding hydrogens is 281 g/mol. The normalized spacial score (nSPS) is 12.6. The van der Waals surface area contributed by atoms with Gasteiger partial charge >= 0.3 is 0 Å². The predicted molar refractivity (Wildman–Crippen MR) is 76.4 cm³/mol. The van der Waals surface area contributed by atoms with Gasteiger partial charge in [0.2, 0.25) is 0 Å². The van der Waals surface area contributed by atoms with Gasteiger partial charge in [-0.25, -0.2) is 9.37 Å². The Morgan fingerprint density at radius 1 is 1.20 bits per heavy atom. The van der Waals surface area contributed by atoms with Crippen molar-refractivity contribution >= 4 is 23.1 Å². The van der Waals surface area contributed by atoms with Crippen LogP contribution in [0.4, 0.5) is 4.39 Å². The summed E-state index contributed by atoms with van der Waals surface area (Å²) in [5, 5.41) is 8.06. The predicted octanol–water partition coefficient (Wildman–Crippen LogP) is 2.40. The van der Waals surface area contributed by atoms with Crippen LogP contribution in [0.25, 0.3) is 0 Å². The van der Waals surface area contributed by atoms with Crippen molar-refractivity contribution in [1.29, 1.82) is 0 Å². The van der Waals surface area contributed by atoms with E-state index in [-0.39, 0.29) is 16.8 Å². The molecule has 1 aromatic carbocycles. The van der Waals surface area contributed by atoms with E-state index in [0.717, 1.165) is 5.56 Å². The number of rotatable bonds is 3. The molecule has 0 amide bonds. The average molecular weight is 292 g/mol. The van der Waals surface area contributed by atoms with Gasteiger partial charge in [-0.1, -0.05) is 23.7 Å². The Morgan fingerprint density at radius 3 is 2.55 bits per heavy atom. The number of halogens is 2. The minimum Gasteiger partial charge on any atom is -0.380 e. The van der Waals surface area contributed by atoms with E-state index in [1.165, 1.54) is 24.5 Å². The monoisotopic (exact) mass is 291 g/mol. The molecule has 5 nitrogen and oxygen atoms in total. The van der Waals surface area contributed by atoms with Crippen LogP contribution in [0, 0.1) is 5.82 Å². The lowest BCUT2D eigenvalue weighted by Gasteiger charge is -2.00. The van der Waals surface area contributed by atoms with Crippen molar-refractivity contribution < 1.29 is 4.39 Å². The molecule has 0 aliphatic heterocycles. The van der Waals surface area contributed by atoms with Crippen LogP contribution in [0.15, 0.2) is 46.9 Å². The summed E-state index contributed by atoms with van der Waals surface area (Å²) >= 11 is 5.71. The molecule has 2 N–H and O–H groups in total. The minimum absolute atomic E-state index is 0.0986. The molecule has 7 heteroatoms. The third-order valence-corrected chi connectivity index (χ3v) is 2.62. The third kappa shape index (κ3) is 3.58. The molecule has 1 aromatic heterocycles. The van der Waals surface area contributed by atoms with Gasteiger partial charge < -0.3 is 5.73 Å². The van der Waals surface area contributed by atoms with Gasteiger partial charge in [-0.15, -0.1) is 5.10 Å². The second kappa shape index (κ2) is 6.21. The molecular formula is C13H11ClFN5. The lowest BCUT2D eigenvalue weighted by Crippen LogP contribution is -2.15. The van der Waals surface area contributed by atoms with Gasteiger partial charge in [0, 0.05) is 0 Å². The first-order valence-electron chi connectivity index (χ1n) is 5.68. The Kier molecular flexibility index (Phi) is 4.37. The molecule has 0 aliphatic rings. The summed E-state index contributed by atoms with van der Waals surface area (Å²) in [5.41, 5.74) is 7.43. The van der Waals surface area contributed by atoms with Gasteiger partial charge in [-0.2, -0.15) is 5.10 Å². The zero-order valence-electron chi connectivity index (χ0n) is 10.6. The Balaban J connectivity index is 2.22. The van der Waals surface area contributed by atoms with Crippen molar-refractivity contribution in [3.05, 3.63) is 58.9 Å². The van der Waals surface area contributed by atoms with E-state index in [0.29, 0.717) is 11.4 Å². The number of aromatic nitrogens is 2. The standard InChI is InChI=1S/C13H11ClFN5/c1-8(9-2-4-10(15)5-3-9)19-20-13(16)11-6-17-7-12(14)18-11/h2-7H,1H3,(H2,16,20)/b19-8+. The molecule has 2 aromatic rings. The molecule has 20 heavy (non-hydrogen) atoms. The summed E-state index contributed by atoms with van der Waals surface area (Å²) in [7, 11) is 0. The molecule has 0 atom stereocenters. The van der Waals surface area contributed by atoms with Crippen LogP contribution in [-0.2, 0) is 0 Å². The molecule has 1 heterocycles. The average Bonchev–Trinajstić information content (AvgIpc) is 2.45. The first-order valence-corrected chi connectivity index (χ1v) is 6.05. The van der Waals surface area contributed by atoms with Gasteiger partial charge in [0.15, 0.2) is 5.84 Å². The Bertz CT molecular complexity index is 667. The topological polar surface area (TPSA) is 76.5 Å². The van der Waals surface area contributed by atoms with E-state index in [2.05, 4.69) is 20.2 Å². The zero-order chi connectivity index (χ0) is 14.5. The fourth-order valence-electron chi connectivity index (χ4n) is 1.39. The van der Waals surface area contributed by atoms with Crippen molar-refractivity contribution in [2.75, 3.05) is 0 Å². The van der Waals surface area contributed by atoms with Crippen molar-refractivity contribution in [3.8, 4) is 0 Å². The van der Waals surface area contributed by atoms with Gasteiger partial charge in [-0.3, -0.25) is 4.98 Å². The SMILES string of the molecule is C/C(=N\N=C(\N)c1cncc(Cl)n1)c1ccc(F)cc1. The molecule has 2 rings (SSSR count). The van der Waals surface area contributed by atoms with Crippen LogP contribution < -0.4 is 5.73 Å². The number of nitrogens with two attached hydrogens (primary N) is 1. The second-order valence-corrected chi connectivity index (χ2v) is 4.29. The summed E-state index contributed by atoms with van der Waals surface area (Å²) in [6, 6.07) is 5.92. The van der Waals surface area contributed by atoms with Crippen LogP contribution in [-0.4, -0.2) is 21.5 Å². The van der Waals surface area contributed by atoms with Gasteiger partial charge in [0.1, 0.15) is 16.7 Å². The highest BCUT2D eigenvalue weighted by Gasteiger charge is 2.02. The molecule has 0 saturated carbocycles. The summed E-state index contributed by atoms with van der Waals surface area (Å²) in [6.07, 6.45) is 2.83. The van der Waals surface area contributed by atoms with Crippen LogP contribution in [0.3, 0.4) is 0 Å². The van der Waals surface area contributed by atoms with Crippen molar-refractivity contribution in [2.24, 2.45) is 15.9 Å². The van der Waals surface area contributed by atoms with E-state index in [9.17, 15) is 4.39 Å². The van der Waals surface area contributed by atoms with Gasteiger partial charge in [-0.05, 0) is 24.6 Å². The highest BCUT2D eigenvalue weighted by Crippen LogP contribution is 2.05. The van der Waals surface area contributed by atoms with Crippen molar-refractivity contribution in [3.63, 3.8) is 0 Å². The van der Waals surface area contributed by atoms with E-state index in [1.54, 1.807) is 19.1 Å². The number of benzene rings is 1. The Hall–Kier alpha value is -2.34. The summed E-state index contributed by atoms with van der Waals surface area (Å²) < 4.78 is 12.8. The maximum atomic E-state index is 12.8. The summed E-state index contributed by atoms with van der Waals surface area (Å²) in [4.78, 5) is 7.82. The number of nitrogens with zero attached hydrogens (tertiary/aromatic N) is 4. The van der Waals surface area contributed by atoms with Crippen LogP contribution in [0.5, 0.6) is 0 Å². The molecule has 102 valence electrons. The number of amidine groups is 1. The van der Waals surface area contributed by atoms with Gasteiger partial charge in [0.25, 0.3) is 0 Å². The van der Waals surface area contributed by atoms with E-state index in [1.807, 2.05) is 0 Å². The van der Waals surface area contributed by atoms with Crippen LogP contribution >= 0.6 is 11.6 Å². The quantitative estimate of drug-likeness (QED) is 0.536. The Labute approximate surface area is 120 Å². The molecule has 0 fully saturated rings. The van der Waals surface area contributed by atoms with E-state index >= 15 is 0 Å². The molecule has 0 radical (unpaired) electrons. The van der Waals surface area contributed by atoms with E-state index < -0.39 is 0 Å². The fourth-order valence-corrected chi connectivity index (χ4v) is 1.54. The molecule has 0 aliphatic carbocycles. The maximum Gasteiger partial charge on any atom is 0.173 e. The largest absolute Gasteiger partial charge is 0.380 e. The third-order valence-electron chi connectivity index (χ3n) is 2.44. The van der Waals surface area contributed by atoms with Gasteiger partial charge in [0.05, 0.1) is 18.1 Å². The summed E-state index contributed by atoms with van der Waals surface area (Å²) in [6.45, 7) is 1.74. The number of hydrogen-bond acceptors (Lipinski definition) is 4. The molecule has 0 unspecified atom stereocenters. The smallest absolute Gasteiger partial charge is 0.173 e. The highest BCUT2D eigenvalue weighted by molar-refractivity contribution is 6.29. The maximum absolute atomic E-state index is 12.8. The molecule has 0 spiro atoms. The van der Waals surface area contributed by atoms with E-state index in [4.69, 9.17) is 17.3 Å².